The molecule has 3 rings (SSSR count). The lowest BCUT2D eigenvalue weighted by molar-refractivity contribution is -0.319. The van der Waals surface area contributed by atoms with E-state index in [-0.39, 0.29) is 45.7 Å². The van der Waals surface area contributed by atoms with Crippen molar-refractivity contribution >= 4 is 34.8 Å². The van der Waals surface area contributed by atoms with Crippen LogP contribution in [0.25, 0.3) is 0 Å². The summed E-state index contributed by atoms with van der Waals surface area (Å²) in [6.07, 6.45) is -5.47. The second-order valence-corrected chi connectivity index (χ2v) is 10.0. The third-order valence-electron chi connectivity index (χ3n) is 6.10. The molecule has 0 unspecified atom stereocenters. The van der Waals surface area contributed by atoms with Crippen molar-refractivity contribution in [3.05, 3.63) is 28.2 Å². The lowest BCUT2D eigenvalue weighted by atomic mass is 9.66. The number of ether oxygens (including phenoxy) is 1. The number of hydrogen-bond donors (Lipinski definition) is 1. The van der Waals surface area contributed by atoms with Crippen LogP contribution >= 0.6 is 23.2 Å². The van der Waals surface area contributed by atoms with E-state index in [1.807, 2.05) is 20.8 Å². The van der Waals surface area contributed by atoms with Gasteiger partial charge in [0.1, 0.15) is 5.75 Å². The van der Waals surface area contributed by atoms with Gasteiger partial charge >= 0.3 is 6.18 Å². The number of hydrogen-bond acceptors (Lipinski definition) is 4. The zero-order valence-electron chi connectivity index (χ0n) is 17.6. The highest BCUT2D eigenvalue weighted by molar-refractivity contribution is 6.35. The summed E-state index contributed by atoms with van der Waals surface area (Å²) in [5.74, 6) is -2.40. The smallest absolute Gasteiger partial charge is 0.439 e. The summed E-state index contributed by atoms with van der Waals surface area (Å²) >= 11 is 11.9. The first-order valence-electron chi connectivity index (χ1n) is 9.98. The van der Waals surface area contributed by atoms with Gasteiger partial charge in [0.2, 0.25) is 0 Å². The molecule has 10 heteroatoms. The van der Waals surface area contributed by atoms with Crippen LogP contribution in [0, 0.1) is 17.3 Å². The van der Waals surface area contributed by atoms with Gasteiger partial charge in [0, 0.05) is 10.7 Å². The van der Waals surface area contributed by atoms with Crippen LogP contribution in [0.3, 0.4) is 0 Å². The van der Waals surface area contributed by atoms with Crippen LogP contribution in [-0.4, -0.2) is 39.7 Å². The maximum atomic E-state index is 14.2. The number of alkyl halides is 3. The van der Waals surface area contributed by atoms with Crippen molar-refractivity contribution in [3.8, 4) is 5.75 Å². The van der Waals surface area contributed by atoms with Gasteiger partial charge in [-0.05, 0) is 55.7 Å². The van der Waals surface area contributed by atoms with Crippen molar-refractivity contribution in [2.24, 2.45) is 22.4 Å². The van der Waals surface area contributed by atoms with E-state index in [4.69, 9.17) is 27.9 Å². The number of fused-ring (bicyclic) bond motifs is 1. The Kier molecular flexibility index (Phi) is 6.32. The zero-order chi connectivity index (χ0) is 23.4. The fourth-order valence-corrected chi connectivity index (χ4v) is 4.66. The molecule has 1 heterocycles. The molecular formula is C21H25Cl2F3N2O3. The van der Waals surface area contributed by atoms with Gasteiger partial charge in [0.05, 0.1) is 10.9 Å². The number of carbonyl (C=O) groups excluding carboxylic acids is 1. The predicted octanol–water partition coefficient (Wildman–Crippen LogP) is 5.67. The molecule has 4 atom stereocenters. The molecule has 1 aromatic carbocycles. The summed E-state index contributed by atoms with van der Waals surface area (Å²) < 4.78 is 47.9. The highest BCUT2D eigenvalue weighted by atomic mass is 35.5. The fraction of sp³-hybridized carbons (Fsp3) is 0.619. The van der Waals surface area contributed by atoms with E-state index in [9.17, 15) is 23.1 Å². The lowest BCUT2D eigenvalue weighted by Crippen LogP contribution is -2.63. The molecule has 1 fully saturated rings. The molecule has 1 aromatic rings. The second kappa shape index (κ2) is 8.12. The van der Waals surface area contributed by atoms with E-state index in [2.05, 4.69) is 5.10 Å². The Labute approximate surface area is 189 Å². The minimum atomic E-state index is -5.10. The van der Waals surface area contributed by atoms with Crippen LogP contribution < -0.4 is 4.74 Å². The summed E-state index contributed by atoms with van der Waals surface area (Å²) in [5.41, 5.74) is -3.48. The van der Waals surface area contributed by atoms with Gasteiger partial charge in [-0.2, -0.15) is 23.3 Å². The lowest BCUT2D eigenvalue weighted by Gasteiger charge is -2.43. The third-order valence-corrected chi connectivity index (χ3v) is 6.64. The summed E-state index contributed by atoms with van der Waals surface area (Å²) in [5, 5.41) is 15.5. The van der Waals surface area contributed by atoms with Crippen molar-refractivity contribution in [2.75, 3.05) is 0 Å². The van der Waals surface area contributed by atoms with Gasteiger partial charge in [0.15, 0.2) is 6.10 Å². The fourth-order valence-electron chi connectivity index (χ4n) is 4.21. The number of halogens is 5. The van der Waals surface area contributed by atoms with E-state index in [1.54, 1.807) is 0 Å². The number of rotatable bonds is 3. The average molecular weight is 481 g/mol. The van der Waals surface area contributed by atoms with Crippen LogP contribution in [0.4, 0.5) is 13.2 Å². The summed E-state index contributed by atoms with van der Waals surface area (Å²) in [6.45, 7) is 7.15. The Morgan fingerprint density at radius 2 is 1.97 bits per heavy atom. The van der Waals surface area contributed by atoms with Gasteiger partial charge in [-0.1, -0.05) is 44.0 Å². The Morgan fingerprint density at radius 3 is 2.52 bits per heavy atom. The Balaban J connectivity index is 1.90. The van der Waals surface area contributed by atoms with Gasteiger partial charge in [-0.3, -0.25) is 4.79 Å². The minimum absolute atomic E-state index is 0.0538. The van der Waals surface area contributed by atoms with E-state index in [1.165, 1.54) is 25.1 Å². The van der Waals surface area contributed by atoms with Crippen LogP contribution in [0.15, 0.2) is 23.3 Å². The van der Waals surface area contributed by atoms with Gasteiger partial charge in [-0.25, -0.2) is 0 Å². The van der Waals surface area contributed by atoms with Crippen LogP contribution in [0.5, 0.6) is 5.75 Å². The Morgan fingerprint density at radius 1 is 1.32 bits per heavy atom. The van der Waals surface area contributed by atoms with E-state index < -0.39 is 29.8 Å². The molecule has 0 spiro atoms. The van der Waals surface area contributed by atoms with Crippen LogP contribution in [0.1, 0.15) is 47.0 Å². The predicted molar refractivity (Wildman–Crippen MR) is 112 cm³/mol. The monoisotopic (exact) mass is 480 g/mol. The van der Waals surface area contributed by atoms with Crippen molar-refractivity contribution in [2.45, 2.75) is 65.0 Å². The quantitative estimate of drug-likeness (QED) is 0.605. The standard InChI is InChI=1S/C21H25Cl2F3N2O3/c1-11(31-17-8-6-13(22)10-15(17)23)18(29)28-20(30,21(24,25)26)14-9-12(19(2,3)4)5-7-16(14)27-28/h6,8,10-12,14,30H,5,7,9H2,1-4H3/t11-,12-,14-,20-/m0/s1. The first kappa shape index (κ1) is 24.1. The molecule has 1 amide bonds. The molecule has 5 nitrogen and oxygen atoms in total. The van der Waals surface area contributed by atoms with Crippen molar-refractivity contribution in [1.29, 1.82) is 0 Å². The highest BCUT2D eigenvalue weighted by Crippen LogP contribution is 2.52. The zero-order valence-corrected chi connectivity index (χ0v) is 19.1. The van der Waals surface area contributed by atoms with Gasteiger partial charge in [-0.15, -0.1) is 0 Å². The van der Waals surface area contributed by atoms with Gasteiger partial charge < -0.3 is 9.84 Å². The normalized spacial score (nSPS) is 27.5. The molecule has 0 radical (unpaired) electrons. The topological polar surface area (TPSA) is 62.1 Å². The molecule has 1 N–H and O–H groups in total. The van der Waals surface area contributed by atoms with Crippen LogP contribution in [0.2, 0.25) is 10.0 Å². The molecule has 1 aliphatic carbocycles. The van der Waals surface area contributed by atoms with Crippen molar-refractivity contribution < 1.29 is 27.8 Å². The number of amides is 1. The molecule has 0 aromatic heterocycles. The van der Waals surface area contributed by atoms with Crippen LogP contribution in [-0.2, 0) is 4.79 Å². The summed E-state index contributed by atoms with van der Waals surface area (Å²) in [4.78, 5) is 13.0. The Hall–Kier alpha value is -1.51. The second-order valence-electron chi connectivity index (χ2n) is 9.19. The molecule has 1 saturated carbocycles. The van der Waals surface area contributed by atoms with Crippen molar-refractivity contribution in [1.82, 2.24) is 5.01 Å². The first-order valence-corrected chi connectivity index (χ1v) is 10.7. The largest absolute Gasteiger partial charge is 0.479 e. The van der Waals surface area contributed by atoms with E-state index in [0.717, 1.165) is 0 Å². The van der Waals surface area contributed by atoms with E-state index in [0.29, 0.717) is 11.4 Å². The SMILES string of the molecule is C[C@H](Oc1ccc(Cl)cc1Cl)C(=O)N1N=C2CC[C@H](C(C)(C)C)C[C@@H]2[C@]1(O)C(F)(F)F. The molecular weight excluding hydrogens is 456 g/mol. The number of hydrazone groups is 1. The average Bonchev–Trinajstić information content (AvgIpc) is 2.96. The molecule has 2 aliphatic rings. The van der Waals surface area contributed by atoms with E-state index >= 15 is 0 Å². The molecule has 31 heavy (non-hydrogen) atoms. The minimum Gasteiger partial charge on any atom is -0.479 e. The first-order chi connectivity index (χ1) is 14.2. The molecule has 1 aliphatic heterocycles. The highest BCUT2D eigenvalue weighted by Gasteiger charge is 2.69. The Bertz CT molecular complexity index is 901. The number of aliphatic hydroxyl groups is 1. The molecule has 0 saturated heterocycles. The summed E-state index contributed by atoms with van der Waals surface area (Å²) in [6, 6.07) is 4.27. The summed E-state index contributed by atoms with van der Waals surface area (Å²) in [7, 11) is 0. The maximum absolute atomic E-state index is 14.2. The van der Waals surface area contributed by atoms with Crippen molar-refractivity contribution in [3.63, 3.8) is 0 Å². The van der Waals surface area contributed by atoms with Gasteiger partial charge in [0.25, 0.3) is 11.6 Å². The maximum Gasteiger partial charge on any atom is 0.439 e. The number of benzene rings is 1. The molecule has 0 bridgehead atoms. The third kappa shape index (κ3) is 4.39. The number of carbonyl (C=O) groups is 1. The molecule has 172 valence electrons. The number of nitrogens with zero attached hydrogens (tertiary/aromatic N) is 2.